The number of benzene rings is 7. The lowest BCUT2D eigenvalue weighted by Gasteiger charge is -2.08. The lowest BCUT2D eigenvalue weighted by molar-refractivity contribution is 0.101. The first-order valence-electron chi connectivity index (χ1n) is 17.6. The molecule has 0 aliphatic carbocycles. The Morgan fingerprint density at radius 3 is 0.927 bits per heavy atom. The fourth-order valence-corrected chi connectivity index (χ4v) is 5.43. The lowest BCUT2D eigenvalue weighted by Crippen LogP contribution is -2.11. The molecule has 0 unspecified atom stereocenters. The van der Waals surface area contributed by atoms with E-state index >= 15 is 0 Å². The van der Waals surface area contributed by atoms with Gasteiger partial charge < -0.3 is 22.1 Å². The standard InChI is InChI=1S/C27H22N2O2.C13H14N2.C7H5ClO/c30-26(22-7-3-1-4-8-22)28-24-15-11-20(12-16-24)19-21-13-17-25(18-14-21)29-27(31)23-9-5-2-6-10-23;14-12-5-1-10(2-6-12)9-11-3-7-13(15)8-4-11;8-7(9)6-4-2-1-3-5-6/h1-18H,19H2,(H,28,30)(H,29,31);1-8H,9,14-15H2;1-5H. The molecule has 6 N–H and O–H groups in total. The quantitative estimate of drug-likeness (QED) is 0.0864. The van der Waals surface area contributed by atoms with Gasteiger partial charge in [0.25, 0.3) is 17.1 Å². The second kappa shape index (κ2) is 20.3. The molecule has 7 aromatic rings. The smallest absolute Gasteiger partial charge is 0.255 e. The van der Waals surface area contributed by atoms with E-state index in [0.29, 0.717) is 16.7 Å². The van der Waals surface area contributed by atoms with Gasteiger partial charge in [0.2, 0.25) is 0 Å². The van der Waals surface area contributed by atoms with Crippen LogP contribution in [0.2, 0.25) is 0 Å². The number of halogens is 1. The van der Waals surface area contributed by atoms with E-state index in [0.717, 1.165) is 46.7 Å². The van der Waals surface area contributed by atoms with E-state index in [1.807, 2.05) is 140 Å². The Balaban J connectivity index is 0.000000198. The van der Waals surface area contributed by atoms with Crippen molar-refractivity contribution < 1.29 is 14.4 Å². The molecule has 0 fully saturated rings. The fourth-order valence-electron chi connectivity index (χ4n) is 5.31. The predicted octanol–water partition coefficient (Wildman–Crippen LogP) is 10.3. The summed E-state index contributed by atoms with van der Waals surface area (Å²) in [6.07, 6.45) is 1.68. The van der Waals surface area contributed by atoms with Gasteiger partial charge in [-0.1, -0.05) is 115 Å². The molecular weight excluding hydrogens is 704 g/mol. The number of rotatable bonds is 9. The molecule has 2 amide bonds. The minimum Gasteiger partial charge on any atom is -0.399 e. The number of nitrogens with two attached hydrogens (primary N) is 2. The van der Waals surface area contributed by atoms with Crippen LogP contribution in [-0.4, -0.2) is 17.1 Å². The number of carbonyl (C=O) groups excluding carboxylic acids is 3. The molecule has 0 saturated carbocycles. The third-order valence-corrected chi connectivity index (χ3v) is 8.49. The maximum atomic E-state index is 12.2. The van der Waals surface area contributed by atoms with Crippen LogP contribution in [0.3, 0.4) is 0 Å². The highest BCUT2D eigenvalue weighted by molar-refractivity contribution is 6.67. The van der Waals surface area contributed by atoms with Gasteiger partial charge in [0, 0.05) is 39.4 Å². The van der Waals surface area contributed by atoms with Crippen LogP contribution in [0.4, 0.5) is 22.7 Å². The highest BCUT2D eigenvalue weighted by atomic mass is 35.5. The highest BCUT2D eigenvalue weighted by Gasteiger charge is 2.07. The Kier molecular flexibility index (Phi) is 14.5. The summed E-state index contributed by atoms with van der Waals surface area (Å²) in [5, 5.41) is 5.41. The van der Waals surface area contributed by atoms with Crippen molar-refractivity contribution in [1.82, 2.24) is 0 Å². The molecule has 0 aliphatic rings. The van der Waals surface area contributed by atoms with E-state index in [2.05, 4.69) is 10.6 Å². The van der Waals surface area contributed by atoms with E-state index in [1.165, 1.54) is 11.1 Å². The van der Waals surface area contributed by atoms with Gasteiger partial charge in [-0.25, -0.2) is 0 Å². The summed E-state index contributed by atoms with van der Waals surface area (Å²) in [4.78, 5) is 34.9. The van der Waals surface area contributed by atoms with Crippen LogP contribution in [0.1, 0.15) is 53.3 Å². The summed E-state index contributed by atoms with van der Waals surface area (Å²) in [5.74, 6) is -0.247. The average molecular weight is 745 g/mol. The number of amides is 2. The average Bonchev–Trinajstić information content (AvgIpc) is 3.22. The third kappa shape index (κ3) is 13.2. The Hall–Kier alpha value is -6.96. The molecule has 0 aliphatic heterocycles. The van der Waals surface area contributed by atoms with Crippen LogP contribution >= 0.6 is 11.6 Å². The molecule has 8 heteroatoms. The molecule has 0 atom stereocenters. The number of carbonyl (C=O) groups is 3. The van der Waals surface area contributed by atoms with E-state index in [1.54, 1.807) is 48.5 Å². The van der Waals surface area contributed by atoms with E-state index < -0.39 is 5.24 Å². The first-order chi connectivity index (χ1) is 26.7. The minimum absolute atomic E-state index is 0.124. The maximum Gasteiger partial charge on any atom is 0.255 e. The van der Waals surface area contributed by atoms with Crippen LogP contribution < -0.4 is 22.1 Å². The molecule has 0 bridgehead atoms. The van der Waals surface area contributed by atoms with Crippen LogP contribution in [0.15, 0.2) is 188 Å². The summed E-state index contributed by atoms with van der Waals surface area (Å²) < 4.78 is 0. The largest absolute Gasteiger partial charge is 0.399 e. The van der Waals surface area contributed by atoms with Crippen LogP contribution in [0.25, 0.3) is 0 Å². The van der Waals surface area contributed by atoms with Gasteiger partial charge in [-0.3, -0.25) is 14.4 Å². The number of anilines is 4. The van der Waals surface area contributed by atoms with Gasteiger partial charge in [-0.2, -0.15) is 0 Å². The molecule has 7 rings (SSSR count). The van der Waals surface area contributed by atoms with Crippen LogP contribution in [0.5, 0.6) is 0 Å². The number of nitrogens with one attached hydrogen (secondary N) is 2. The Morgan fingerprint density at radius 2 is 0.655 bits per heavy atom. The SMILES string of the molecule is Nc1ccc(Cc2ccc(N)cc2)cc1.O=C(Cl)c1ccccc1.O=C(Nc1ccc(Cc2ccc(NC(=O)c3ccccc3)cc2)cc1)c1ccccc1. The van der Waals surface area contributed by atoms with Gasteiger partial charge in [-0.05, 0) is 119 Å². The van der Waals surface area contributed by atoms with Gasteiger partial charge >= 0.3 is 0 Å². The van der Waals surface area contributed by atoms with Crippen molar-refractivity contribution in [2.75, 3.05) is 22.1 Å². The van der Waals surface area contributed by atoms with Gasteiger partial charge in [-0.15, -0.1) is 0 Å². The number of hydrogen-bond donors (Lipinski definition) is 4. The molecule has 55 heavy (non-hydrogen) atoms. The zero-order valence-corrected chi connectivity index (χ0v) is 30.8. The second-order valence-electron chi connectivity index (χ2n) is 12.5. The molecule has 274 valence electrons. The van der Waals surface area contributed by atoms with E-state index in [-0.39, 0.29) is 11.8 Å². The van der Waals surface area contributed by atoms with Crippen molar-refractivity contribution >= 4 is 51.4 Å². The molecule has 0 aromatic heterocycles. The van der Waals surface area contributed by atoms with Gasteiger partial charge in [0.1, 0.15) is 0 Å². The molecule has 0 heterocycles. The first kappa shape index (κ1) is 39.3. The zero-order valence-electron chi connectivity index (χ0n) is 30.1. The lowest BCUT2D eigenvalue weighted by atomic mass is 10.0. The third-order valence-electron chi connectivity index (χ3n) is 8.27. The number of nitrogen functional groups attached to an aromatic ring is 2. The van der Waals surface area contributed by atoms with Crippen LogP contribution in [0, 0.1) is 0 Å². The monoisotopic (exact) mass is 744 g/mol. The van der Waals surface area contributed by atoms with Crippen molar-refractivity contribution in [2.24, 2.45) is 0 Å². The van der Waals surface area contributed by atoms with Gasteiger partial charge in [0.15, 0.2) is 0 Å². The van der Waals surface area contributed by atoms with Crippen molar-refractivity contribution in [3.05, 3.63) is 227 Å². The first-order valence-corrected chi connectivity index (χ1v) is 17.9. The normalized spacial score (nSPS) is 10.1. The fraction of sp³-hybridized carbons (Fsp3) is 0.0426. The minimum atomic E-state index is -0.407. The molecule has 0 saturated heterocycles. The topological polar surface area (TPSA) is 127 Å². The second-order valence-corrected chi connectivity index (χ2v) is 12.9. The van der Waals surface area contributed by atoms with E-state index in [4.69, 9.17) is 23.1 Å². The van der Waals surface area contributed by atoms with Crippen molar-refractivity contribution in [2.45, 2.75) is 12.8 Å². The van der Waals surface area contributed by atoms with Crippen LogP contribution in [-0.2, 0) is 12.8 Å². The summed E-state index contributed by atoms with van der Waals surface area (Å²) in [6, 6.07) is 58.6. The van der Waals surface area contributed by atoms with Crippen molar-refractivity contribution in [1.29, 1.82) is 0 Å². The summed E-state index contributed by atoms with van der Waals surface area (Å²) in [5.41, 5.74) is 21.0. The zero-order chi connectivity index (χ0) is 38.8. The molecule has 0 radical (unpaired) electrons. The summed E-state index contributed by atoms with van der Waals surface area (Å²) in [7, 11) is 0. The van der Waals surface area contributed by atoms with Gasteiger partial charge in [0.05, 0.1) is 0 Å². The highest BCUT2D eigenvalue weighted by Crippen LogP contribution is 2.18. The molecular formula is C47H41ClN4O3. The Bertz CT molecular complexity index is 2110. The summed E-state index contributed by atoms with van der Waals surface area (Å²) in [6.45, 7) is 0. The van der Waals surface area contributed by atoms with Crippen molar-refractivity contribution in [3.8, 4) is 0 Å². The Labute approximate surface area is 326 Å². The molecule has 7 aromatic carbocycles. The molecule has 0 spiro atoms. The predicted molar refractivity (Wildman–Crippen MR) is 226 cm³/mol. The van der Waals surface area contributed by atoms with Crippen molar-refractivity contribution in [3.63, 3.8) is 0 Å². The maximum absolute atomic E-state index is 12.2. The Morgan fingerprint density at radius 1 is 0.382 bits per heavy atom. The molecule has 7 nitrogen and oxygen atoms in total. The summed E-state index contributed by atoms with van der Waals surface area (Å²) >= 11 is 5.16. The number of hydrogen-bond acceptors (Lipinski definition) is 5. The van der Waals surface area contributed by atoms with E-state index in [9.17, 15) is 14.4 Å².